The number of halogens is 1. The van der Waals surface area contributed by atoms with Gasteiger partial charge in [-0.2, -0.15) is 5.26 Å². The minimum absolute atomic E-state index is 0.0735. The van der Waals surface area contributed by atoms with Gasteiger partial charge in [0.2, 0.25) is 5.88 Å². The van der Waals surface area contributed by atoms with E-state index in [1.807, 2.05) is 12.1 Å². The summed E-state index contributed by atoms with van der Waals surface area (Å²) in [5, 5.41) is 20.3. The number of hydrogen-bond donors (Lipinski definition) is 1. The number of nitrogens with zero attached hydrogens (tertiary/aromatic N) is 3. The van der Waals surface area contributed by atoms with Gasteiger partial charge < -0.3 is 14.6 Å². The SMILES string of the molecule is COc1ccc(CCn2c(O)c(C=Nc3ccc(F)cc3)c(C)c(C#N)c2=O)cc1OC. The molecule has 0 radical (unpaired) electrons. The summed E-state index contributed by atoms with van der Waals surface area (Å²) in [5.74, 6) is 0.448. The molecule has 0 atom stereocenters. The fourth-order valence-corrected chi connectivity index (χ4v) is 3.28. The smallest absolute Gasteiger partial charge is 0.271 e. The summed E-state index contributed by atoms with van der Waals surface area (Å²) in [6, 6.07) is 12.8. The van der Waals surface area contributed by atoms with E-state index in [4.69, 9.17) is 9.47 Å². The van der Waals surface area contributed by atoms with Crippen molar-refractivity contribution in [3.8, 4) is 23.4 Å². The van der Waals surface area contributed by atoms with E-state index >= 15 is 0 Å². The average Bonchev–Trinajstić information content (AvgIpc) is 2.80. The highest BCUT2D eigenvalue weighted by Gasteiger charge is 2.18. The van der Waals surface area contributed by atoms with Crippen LogP contribution in [0.1, 0.15) is 22.3 Å². The second kappa shape index (κ2) is 9.79. The van der Waals surface area contributed by atoms with E-state index < -0.39 is 11.4 Å². The fraction of sp³-hybridized carbons (Fsp3) is 0.208. The number of aromatic hydroxyl groups is 1. The molecule has 0 unspecified atom stereocenters. The van der Waals surface area contributed by atoms with Crippen LogP contribution in [-0.2, 0) is 13.0 Å². The Hall–Kier alpha value is -4.12. The fourth-order valence-electron chi connectivity index (χ4n) is 3.28. The second-order valence-electron chi connectivity index (χ2n) is 6.98. The molecular weight excluding hydrogens is 413 g/mol. The van der Waals surface area contributed by atoms with Gasteiger partial charge in [-0.1, -0.05) is 6.07 Å². The van der Waals surface area contributed by atoms with E-state index in [9.17, 15) is 19.6 Å². The van der Waals surface area contributed by atoms with Gasteiger partial charge in [0, 0.05) is 12.8 Å². The Kier molecular flexibility index (Phi) is 6.90. The highest BCUT2D eigenvalue weighted by molar-refractivity contribution is 5.87. The molecule has 0 saturated heterocycles. The van der Waals surface area contributed by atoms with Crippen LogP contribution >= 0.6 is 0 Å². The number of pyridine rings is 1. The van der Waals surface area contributed by atoms with Crippen molar-refractivity contribution in [1.29, 1.82) is 5.26 Å². The zero-order chi connectivity index (χ0) is 23.3. The molecule has 1 aromatic heterocycles. The van der Waals surface area contributed by atoms with Crippen LogP contribution < -0.4 is 15.0 Å². The van der Waals surface area contributed by atoms with Crippen molar-refractivity contribution in [1.82, 2.24) is 4.57 Å². The van der Waals surface area contributed by atoms with Gasteiger partial charge in [0.05, 0.1) is 25.5 Å². The molecule has 1 N–H and O–H groups in total. The van der Waals surface area contributed by atoms with E-state index in [1.54, 1.807) is 26.2 Å². The lowest BCUT2D eigenvalue weighted by molar-refractivity contribution is 0.354. The highest BCUT2D eigenvalue weighted by Crippen LogP contribution is 2.28. The number of aliphatic imine (C=N–C) groups is 1. The lowest BCUT2D eigenvalue weighted by Gasteiger charge is -2.15. The second-order valence-corrected chi connectivity index (χ2v) is 6.98. The Balaban J connectivity index is 1.97. The molecule has 0 saturated carbocycles. The molecule has 0 aliphatic heterocycles. The van der Waals surface area contributed by atoms with Crippen molar-refractivity contribution in [2.75, 3.05) is 14.2 Å². The molecule has 2 aromatic carbocycles. The van der Waals surface area contributed by atoms with Crippen molar-refractivity contribution in [3.63, 3.8) is 0 Å². The molecule has 7 nitrogen and oxygen atoms in total. The number of nitriles is 1. The first-order chi connectivity index (χ1) is 15.4. The van der Waals surface area contributed by atoms with Crippen LogP contribution in [0.25, 0.3) is 0 Å². The molecule has 3 aromatic rings. The summed E-state index contributed by atoms with van der Waals surface area (Å²) in [6.07, 6.45) is 1.77. The predicted octanol–water partition coefficient (Wildman–Crippen LogP) is 3.88. The van der Waals surface area contributed by atoms with Crippen LogP contribution in [0.3, 0.4) is 0 Å². The Bertz CT molecular complexity index is 1260. The Morgan fingerprint density at radius 1 is 1.16 bits per heavy atom. The summed E-state index contributed by atoms with van der Waals surface area (Å²) >= 11 is 0. The van der Waals surface area contributed by atoms with Gasteiger partial charge in [0.15, 0.2) is 11.5 Å². The van der Waals surface area contributed by atoms with E-state index in [-0.39, 0.29) is 23.6 Å². The van der Waals surface area contributed by atoms with Crippen LogP contribution in [0.15, 0.2) is 52.3 Å². The van der Waals surface area contributed by atoms with Gasteiger partial charge in [-0.15, -0.1) is 0 Å². The number of aryl methyl sites for hydroxylation is 1. The van der Waals surface area contributed by atoms with Gasteiger partial charge in [-0.05, 0) is 60.9 Å². The summed E-state index contributed by atoms with van der Waals surface area (Å²) in [4.78, 5) is 17.0. The molecule has 3 rings (SSSR count). The van der Waals surface area contributed by atoms with Crippen LogP contribution in [0, 0.1) is 24.1 Å². The van der Waals surface area contributed by atoms with Gasteiger partial charge in [-0.3, -0.25) is 14.4 Å². The van der Waals surface area contributed by atoms with E-state index in [1.165, 1.54) is 37.6 Å². The van der Waals surface area contributed by atoms with Crippen LogP contribution in [0.4, 0.5) is 10.1 Å². The van der Waals surface area contributed by atoms with Crippen molar-refractivity contribution < 1.29 is 19.0 Å². The molecule has 1 heterocycles. The zero-order valence-electron chi connectivity index (χ0n) is 17.9. The normalized spacial score (nSPS) is 10.8. The highest BCUT2D eigenvalue weighted by atomic mass is 19.1. The van der Waals surface area contributed by atoms with Crippen LogP contribution in [-0.4, -0.2) is 30.1 Å². The first-order valence-corrected chi connectivity index (χ1v) is 9.76. The Morgan fingerprint density at radius 3 is 2.47 bits per heavy atom. The summed E-state index contributed by atoms with van der Waals surface area (Å²) < 4.78 is 24.8. The third-order valence-corrected chi connectivity index (χ3v) is 5.09. The molecule has 0 bridgehead atoms. The third kappa shape index (κ3) is 4.62. The number of hydrogen-bond acceptors (Lipinski definition) is 6. The quantitative estimate of drug-likeness (QED) is 0.568. The maximum atomic E-state index is 13.1. The van der Waals surface area contributed by atoms with Crippen molar-refractivity contribution in [2.24, 2.45) is 4.99 Å². The van der Waals surface area contributed by atoms with E-state index in [2.05, 4.69) is 4.99 Å². The van der Waals surface area contributed by atoms with Gasteiger partial charge >= 0.3 is 0 Å². The minimum atomic E-state index is -0.582. The van der Waals surface area contributed by atoms with Gasteiger partial charge in [0.25, 0.3) is 5.56 Å². The predicted molar refractivity (Wildman–Crippen MR) is 119 cm³/mol. The number of rotatable bonds is 7. The van der Waals surface area contributed by atoms with Crippen LogP contribution in [0.5, 0.6) is 17.4 Å². The molecule has 0 aliphatic rings. The standard InChI is InChI=1S/C24H22FN3O4/c1-15-19(13-26)23(29)28(11-10-16-4-9-21(31-2)22(12-16)32-3)24(30)20(15)14-27-18-7-5-17(25)6-8-18/h4-9,12,14,30H,10-11H2,1-3H3. The van der Waals surface area contributed by atoms with E-state index in [0.29, 0.717) is 29.2 Å². The van der Waals surface area contributed by atoms with Gasteiger partial charge in [0.1, 0.15) is 17.4 Å². The summed E-state index contributed by atoms with van der Waals surface area (Å²) in [6.45, 7) is 1.71. The topological polar surface area (TPSA) is 96.8 Å². The molecular formula is C24H22FN3O4. The minimum Gasteiger partial charge on any atom is -0.494 e. The molecule has 8 heteroatoms. The molecule has 0 amide bonds. The number of ether oxygens (including phenoxy) is 2. The zero-order valence-corrected chi connectivity index (χ0v) is 17.9. The lowest BCUT2D eigenvalue weighted by atomic mass is 10.1. The largest absolute Gasteiger partial charge is 0.494 e. The average molecular weight is 435 g/mol. The molecule has 0 spiro atoms. The maximum absolute atomic E-state index is 13.1. The first-order valence-electron chi connectivity index (χ1n) is 9.76. The molecule has 0 fully saturated rings. The van der Waals surface area contributed by atoms with E-state index in [0.717, 1.165) is 10.1 Å². The first kappa shape index (κ1) is 22.6. The van der Waals surface area contributed by atoms with Gasteiger partial charge in [-0.25, -0.2) is 4.39 Å². The molecule has 164 valence electrons. The van der Waals surface area contributed by atoms with Crippen molar-refractivity contribution >= 4 is 11.9 Å². The summed E-state index contributed by atoms with van der Waals surface area (Å²) in [5.41, 5.74) is 1.24. The number of aromatic nitrogens is 1. The monoisotopic (exact) mass is 435 g/mol. The Morgan fingerprint density at radius 2 is 1.84 bits per heavy atom. The molecule has 32 heavy (non-hydrogen) atoms. The molecule has 0 aliphatic carbocycles. The maximum Gasteiger partial charge on any atom is 0.271 e. The Labute approximate surface area is 184 Å². The number of methoxy groups -OCH3 is 2. The lowest BCUT2D eigenvalue weighted by Crippen LogP contribution is -2.26. The number of benzene rings is 2. The summed E-state index contributed by atoms with van der Waals surface area (Å²) in [7, 11) is 3.07. The third-order valence-electron chi connectivity index (χ3n) is 5.09. The van der Waals surface area contributed by atoms with Crippen molar-refractivity contribution in [3.05, 3.63) is 80.9 Å². The van der Waals surface area contributed by atoms with Crippen LogP contribution in [0.2, 0.25) is 0 Å². The van der Waals surface area contributed by atoms with Crippen molar-refractivity contribution in [2.45, 2.75) is 19.9 Å².